The van der Waals surface area contributed by atoms with Crippen molar-refractivity contribution in [2.45, 2.75) is 39.2 Å². The quantitative estimate of drug-likeness (QED) is 0.505. The Hall–Kier alpha value is -2.81. The van der Waals surface area contributed by atoms with Crippen LogP contribution in [0.15, 0.2) is 48.5 Å². The summed E-state index contributed by atoms with van der Waals surface area (Å²) in [6.07, 6.45) is 2.89. The summed E-state index contributed by atoms with van der Waals surface area (Å²) in [6, 6.07) is 16.2. The molecule has 1 aliphatic rings. The number of benzene rings is 2. The third-order valence-electron chi connectivity index (χ3n) is 5.87. The number of aliphatic hydroxyl groups is 1. The first-order valence-electron chi connectivity index (χ1n) is 11.3. The molecule has 1 unspecified atom stereocenters. The van der Waals surface area contributed by atoms with Crippen LogP contribution >= 0.6 is 0 Å². The zero-order chi connectivity index (χ0) is 22.8. The summed E-state index contributed by atoms with van der Waals surface area (Å²) in [5, 5.41) is 8.86. The number of hydrogen-bond donors (Lipinski definition) is 1. The molecule has 1 fully saturated rings. The maximum atomic E-state index is 13.1. The maximum Gasteiger partial charge on any atom is 0.313 e. The normalized spacial score (nSPS) is 18.5. The van der Waals surface area contributed by atoms with E-state index >= 15 is 0 Å². The maximum absolute atomic E-state index is 13.1. The Morgan fingerprint density at radius 2 is 2.00 bits per heavy atom. The molecule has 32 heavy (non-hydrogen) atoms. The van der Waals surface area contributed by atoms with Gasteiger partial charge in [-0.25, -0.2) is 0 Å². The molecule has 0 bridgehead atoms. The van der Waals surface area contributed by atoms with Crippen LogP contribution in [0.4, 0.5) is 0 Å². The van der Waals surface area contributed by atoms with E-state index < -0.39 is 5.41 Å². The molecule has 1 saturated heterocycles. The standard InChI is InChI=1S/C27H33NO4/c1-3-32-26(30)27(19-24-9-6-10-25(18-24)31-2)15-7-16-28(21-27)20-23-13-11-22(12-14-23)8-4-5-17-29/h6,9-14,18,29H,3,5,7,15-17,19-21H2,1-2H3. The molecule has 0 aromatic heterocycles. The largest absolute Gasteiger partial charge is 0.497 e. The number of carbonyl (C=O) groups excluding carboxylic acids is 1. The van der Waals surface area contributed by atoms with Crippen LogP contribution in [0.1, 0.15) is 42.9 Å². The van der Waals surface area contributed by atoms with Crippen molar-refractivity contribution in [2.24, 2.45) is 5.41 Å². The summed E-state index contributed by atoms with van der Waals surface area (Å²) in [6.45, 7) is 4.74. The zero-order valence-electron chi connectivity index (χ0n) is 19.1. The number of esters is 1. The number of hydrogen-bond acceptors (Lipinski definition) is 5. The summed E-state index contributed by atoms with van der Waals surface area (Å²) >= 11 is 0. The molecule has 1 N–H and O–H groups in total. The molecule has 2 aromatic rings. The molecule has 0 spiro atoms. The molecule has 5 heteroatoms. The molecule has 0 saturated carbocycles. The van der Waals surface area contributed by atoms with Crippen LogP contribution in [0.25, 0.3) is 0 Å². The fraction of sp³-hybridized carbons (Fsp3) is 0.444. The van der Waals surface area contributed by atoms with Gasteiger partial charge in [0.25, 0.3) is 0 Å². The number of piperidine rings is 1. The van der Waals surface area contributed by atoms with E-state index in [1.165, 1.54) is 5.56 Å². The van der Waals surface area contributed by atoms with Gasteiger partial charge in [0.15, 0.2) is 0 Å². The topological polar surface area (TPSA) is 59.0 Å². The Morgan fingerprint density at radius 3 is 2.72 bits per heavy atom. The summed E-state index contributed by atoms with van der Waals surface area (Å²) in [4.78, 5) is 15.5. The van der Waals surface area contributed by atoms with Gasteiger partial charge in [-0.05, 0) is 68.1 Å². The van der Waals surface area contributed by atoms with Gasteiger partial charge in [-0.3, -0.25) is 9.69 Å². The van der Waals surface area contributed by atoms with E-state index in [4.69, 9.17) is 14.6 Å². The first kappa shape index (κ1) is 23.8. The molecule has 0 amide bonds. The molecular formula is C27H33NO4. The number of rotatable bonds is 8. The Labute approximate surface area is 191 Å². The minimum atomic E-state index is -0.559. The highest BCUT2D eigenvalue weighted by molar-refractivity contribution is 5.78. The van der Waals surface area contributed by atoms with Crippen molar-refractivity contribution in [3.05, 3.63) is 65.2 Å². The van der Waals surface area contributed by atoms with Gasteiger partial charge in [0.2, 0.25) is 0 Å². The van der Waals surface area contributed by atoms with E-state index in [-0.39, 0.29) is 12.6 Å². The first-order valence-corrected chi connectivity index (χ1v) is 11.3. The Kier molecular flexibility index (Phi) is 8.72. The van der Waals surface area contributed by atoms with Crippen molar-refractivity contribution in [3.8, 4) is 17.6 Å². The summed E-state index contributed by atoms with van der Waals surface area (Å²) in [5.41, 5.74) is 2.67. The van der Waals surface area contributed by atoms with Gasteiger partial charge in [-0.1, -0.05) is 36.1 Å². The highest BCUT2D eigenvalue weighted by Gasteiger charge is 2.43. The lowest BCUT2D eigenvalue weighted by Gasteiger charge is -2.41. The summed E-state index contributed by atoms with van der Waals surface area (Å²) in [7, 11) is 1.66. The van der Waals surface area contributed by atoms with Crippen LogP contribution in [0.2, 0.25) is 0 Å². The second-order valence-electron chi connectivity index (χ2n) is 8.32. The molecule has 1 heterocycles. The van der Waals surface area contributed by atoms with Crippen molar-refractivity contribution in [2.75, 3.05) is 33.4 Å². The van der Waals surface area contributed by atoms with Crippen LogP contribution < -0.4 is 4.74 Å². The van der Waals surface area contributed by atoms with Crippen LogP contribution in [-0.2, 0) is 22.5 Å². The highest BCUT2D eigenvalue weighted by atomic mass is 16.5. The third kappa shape index (κ3) is 6.35. The van der Waals surface area contributed by atoms with Crippen LogP contribution in [0, 0.1) is 17.3 Å². The van der Waals surface area contributed by atoms with E-state index in [1.807, 2.05) is 37.3 Å². The van der Waals surface area contributed by atoms with Crippen LogP contribution in [0.3, 0.4) is 0 Å². The van der Waals surface area contributed by atoms with Crippen molar-refractivity contribution in [1.82, 2.24) is 4.90 Å². The number of likely N-dealkylation sites (tertiary alicyclic amines) is 1. The monoisotopic (exact) mass is 435 g/mol. The second-order valence-corrected chi connectivity index (χ2v) is 8.32. The minimum absolute atomic E-state index is 0.0814. The van der Waals surface area contributed by atoms with Crippen molar-refractivity contribution >= 4 is 5.97 Å². The van der Waals surface area contributed by atoms with E-state index in [9.17, 15) is 4.79 Å². The molecule has 5 nitrogen and oxygen atoms in total. The van der Waals surface area contributed by atoms with E-state index in [2.05, 4.69) is 34.9 Å². The molecule has 0 aliphatic carbocycles. The molecule has 3 rings (SSSR count). The first-order chi connectivity index (χ1) is 15.6. The number of methoxy groups -OCH3 is 1. The van der Waals surface area contributed by atoms with Gasteiger partial charge in [-0.15, -0.1) is 0 Å². The van der Waals surface area contributed by atoms with Gasteiger partial charge in [0.05, 0.1) is 25.7 Å². The molecule has 170 valence electrons. The Balaban J connectivity index is 1.75. The highest BCUT2D eigenvalue weighted by Crippen LogP contribution is 2.36. The zero-order valence-corrected chi connectivity index (χ0v) is 19.1. The minimum Gasteiger partial charge on any atom is -0.497 e. The van der Waals surface area contributed by atoms with Crippen molar-refractivity contribution in [1.29, 1.82) is 0 Å². The van der Waals surface area contributed by atoms with Gasteiger partial charge in [0.1, 0.15) is 5.75 Å². The second kappa shape index (κ2) is 11.7. The van der Waals surface area contributed by atoms with Crippen molar-refractivity contribution in [3.63, 3.8) is 0 Å². The molecule has 2 aromatic carbocycles. The van der Waals surface area contributed by atoms with E-state index in [0.717, 1.165) is 42.8 Å². The Morgan fingerprint density at radius 1 is 1.19 bits per heavy atom. The predicted molar refractivity (Wildman–Crippen MR) is 125 cm³/mol. The molecule has 1 aliphatic heterocycles. The van der Waals surface area contributed by atoms with Gasteiger partial charge >= 0.3 is 5.97 Å². The number of nitrogens with zero attached hydrogens (tertiary/aromatic N) is 1. The number of carbonyl (C=O) groups is 1. The molecular weight excluding hydrogens is 402 g/mol. The summed E-state index contributed by atoms with van der Waals surface area (Å²) in [5.74, 6) is 6.70. The average molecular weight is 436 g/mol. The number of ether oxygens (including phenoxy) is 2. The average Bonchev–Trinajstić information content (AvgIpc) is 2.81. The molecule has 0 radical (unpaired) electrons. The fourth-order valence-electron chi connectivity index (χ4n) is 4.37. The van der Waals surface area contributed by atoms with Gasteiger partial charge in [-0.2, -0.15) is 0 Å². The number of aliphatic hydroxyl groups excluding tert-OH is 1. The van der Waals surface area contributed by atoms with Crippen LogP contribution in [-0.4, -0.2) is 49.4 Å². The van der Waals surface area contributed by atoms with E-state index in [1.54, 1.807) is 7.11 Å². The smallest absolute Gasteiger partial charge is 0.313 e. The third-order valence-corrected chi connectivity index (χ3v) is 5.87. The van der Waals surface area contributed by atoms with Gasteiger partial charge < -0.3 is 14.6 Å². The van der Waals surface area contributed by atoms with Crippen molar-refractivity contribution < 1.29 is 19.4 Å². The predicted octanol–water partition coefficient (Wildman–Crippen LogP) is 3.82. The van der Waals surface area contributed by atoms with Crippen LogP contribution in [0.5, 0.6) is 5.75 Å². The molecule has 1 atom stereocenters. The lowest BCUT2D eigenvalue weighted by molar-refractivity contribution is -0.159. The van der Waals surface area contributed by atoms with Gasteiger partial charge in [0, 0.05) is 25.1 Å². The SMILES string of the molecule is CCOC(=O)C1(Cc2cccc(OC)c2)CCCN(Cc2ccc(C#CCCO)cc2)C1. The Bertz CT molecular complexity index is 944. The summed E-state index contributed by atoms with van der Waals surface area (Å²) < 4.78 is 10.9. The lowest BCUT2D eigenvalue weighted by atomic mass is 9.75. The van der Waals surface area contributed by atoms with E-state index in [0.29, 0.717) is 26.0 Å². The lowest BCUT2D eigenvalue weighted by Crippen LogP contribution is -2.49. The fourth-order valence-corrected chi connectivity index (χ4v) is 4.37.